The number of aromatic nitrogens is 1. The Hall–Kier alpha value is -1.90. The number of rotatable bonds is 6. The van der Waals surface area contributed by atoms with Crippen LogP contribution in [0.2, 0.25) is 0 Å². The zero-order valence-electron chi connectivity index (χ0n) is 15.5. The van der Waals surface area contributed by atoms with E-state index in [0.717, 1.165) is 16.4 Å². The van der Waals surface area contributed by atoms with Crippen molar-refractivity contribution in [2.24, 2.45) is 0 Å². The summed E-state index contributed by atoms with van der Waals surface area (Å²) in [7, 11) is 1.58. The molecule has 0 N–H and O–H groups in total. The van der Waals surface area contributed by atoms with Crippen LogP contribution < -0.4 is 9.47 Å². The zero-order chi connectivity index (χ0) is 19.5. The van der Waals surface area contributed by atoms with E-state index in [0.29, 0.717) is 33.4 Å². The Morgan fingerprint density at radius 3 is 2.79 bits per heavy atom. The molecule has 1 aliphatic heterocycles. The summed E-state index contributed by atoms with van der Waals surface area (Å²) in [5.41, 5.74) is 1.76. The van der Waals surface area contributed by atoms with Gasteiger partial charge < -0.3 is 13.9 Å². The van der Waals surface area contributed by atoms with Gasteiger partial charge in [-0.25, -0.2) is 4.98 Å². The summed E-state index contributed by atoms with van der Waals surface area (Å²) < 4.78 is 17.1. The van der Waals surface area contributed by atoms with Crippen LogP contribution in [0.3, 0.4) is 0 Å². The molecule has 146 valence electrons. The molecule has 0 aliphatic carbocycles. The first kappa shape index (κ1) is 19.4. The fourth-order valence-electron chi connectivity index (χ4n) is 2.86. The Morgan fingerprint density at radius 2 is 2.07 bits per heavy atom. The van der Waals surface area contributed by atoms with Gasteiger partial charge in [0.1, 0.15) is 5.76 Å². The zero-order valence-corrected chi connectivity index (χ0v) is 17.9. The molecule has 0 bridgehead atoms. The normalized spacial score (nSPS) is 14.4. The van der Waals surface area contributed by atoms with Gasteiger partial charge in [-0.05, 0) is 36.1 Å². The minimum Gasteiger partial charge on any atom is -0.493 e. The van der Waals surface area contributed by atoms with E-state index in [1.807, 2.05) is 53.2 Å². The SMILES string of the molecule is COc1cc(C2SCCS2)ccc1OC(=O)Cc1nc(-c2cccs2)oc1C. The van der Waals surface area contributed by atoms with Crippen molar-refractivity contribution in [2.45, 2.75) is 17.9 Å². The van der Waals surface area contributed by atoms with Crippen molar-refractivity contribution in [1.82, 2.24) is 4.98 Å². The fourth-order valence-corrected chi connectivity index (χ4v) is 6.35. The molecule has 0 saturated carbocycles. The van der Waals surface area contributed by atoms with Crippen molar-refractivity contribution < 1.29 is 18.7 Å². The number of aryl methyl sites for hydroxylation is 1. The fraction of sp³-hybridized carbons (Fsp3) is 0.300. The molecule has 1 aromatic carbocycles. The molecule has 0 atom stereocenters. The third kappa shape index (κ3) is 4.24. The topological polar surface area (TPSA) is 61.6 Å². The Balaban J connectivity index is 1.46. The van der Waals surface area contributed by atoms with Gasteiger partial charge in [0.2, 0.25) is 5.89 Å². The summed E-state index contributed by atoms with van der Waals surface area (Å²) in [6.45, 7) is 1.80. The van der Waals surface area contributed by atoms with E-state index in [2.05, 4.69) is 4.98 Å². The summed E-state index contributed by atoms with van der Waals surface area (Å²) in [5.74, 6) is 4.04. The number of oxazole rings is 1. The predicted molar refractivity (Wildman–Crippen MR) is 115 cm³/mol. The molecule has 0 spiro atoms. The van der Waals surface area contributed by atoms with E-state index in [1.165, 1.54) is 5.56 Å². The number of benzene rings is 1. The lowest BCUT2D eigenvalue weighted by Gasteiger charge is -2.13. The molecule has 5 nitrogen and oxygen atoms in total. The maximum atomic E-state index is 12.5. The highest BCUT2D eigenvalue weighted by Gasteiger charge is 2.21. The molecular formula is C20H19NO4S3. The van der Waals surface area contributed by atoms with Gasteiger partial charge in [0.05, 0.1) is 28.7 Å². The van der Waals surface area contributed by atoms with E-state index in [9.17, 15) is 4.79 Å². The minimum atomic E-state index is -0.398. The molecule has 3 heterocycles. The molecular weight excluding hydrogens is 414 g/mol. The van der Waals surface area contributed by atoms with E-state index < -0.39 is 5.97 Å². The Bertz CT molecular complexity index is 962. The van der Waals surface area contributed by atoms with Gasteiger partial charge in [-0.1, -0.05) is 12.1 Å². The Morgan fingerprint density at radius 1 is 1.25 bits per heavy atom. The summed E-state index contributed by atoms with van der Waals surface area (Å²) in [6.07, 6.45) is 0.0416. The maximum absolute atomic E-state index is 12.5. The van der Waals surface area contributed by atoms with Crippen LogP contribution >= 0.6 is 34.9 Å². The van der Waals surface area contributed by atoms with Gasteiger partial charge in [-0.15, -0.1) is 34.9 Å². The lowest BCUT2D eigenvalue weighted by atomic mass is 10.2. The first-order valence-corrected chi connectivity index (χ1v) is 11.7. The number of esters is 1. The molecule has 1 aliphatic rings. The number of nitrogens with zero attached hydrogens (tertiary/aromatic N) is 1. The lowest BCUT2D eigenvalue weighted by molar-refractivity contribution is -0.133. The van der Waals surface area contributed by atoms with E-state index >= 15 is 0 Å². The summed E-state index contributed by atoms with van der Waals surface area (Å²) >= 11 is 5.39. The molecule has 0 amide bonds. The van der Waals surface area contributed by atoms with Crippen LogP contribution in [0.15, 0.2) is 40.1 Å². The molecule has 8 heteroatoms. The largest absolute Gasteiger partial charge is 0.493 e. The maximum Gasteiger partial charge on any atom is 0.317 e. The van der Waals surface area contributed by atoms with Gasteiger partial charge in [-0.2, -0.15) is 0 Å². The number of hydrogen-bond acceptors (Lipinski definition) is 8. The number of carbonyl (C=O) groups is 1. The highest BCUT2D eigenvalue weighted by atomic mass is 32.2. The molecule has 28 heavy (non-hydrogen) atoms. The van der Waals surface area contributed by atoms with Gasteiger partial charge >= 0.3 is 5.97 Å². The van der Waals surface area contributed by atoms with Crippen LogP contribution in [0.25, 0.3) is 10.8 Å². The smallest absolute Gasteiger partial charge is 0.317 e. The van der Waals surface area contributed by atoms with Gasteiger partial charge in [0.25, 0.3) is 0 Å². The number of thioether (sulfide) groups is 2. The Kier molecular flexibility index (Phi) is 5.99. The van der Waals surface area contributed by atoms with Crippen molar-refractivity contribution in [2.75, 3.05) is 18.6 Å². The van der Waals surface area contributed by atoms with Gasteiger partial charge in [-0.3, -0.25) is 4.79 Å². The first-order valence-electron chi connectivity index (χ1n) is 8.76. The van der Waals surface area contributed by atoms with Crippen LogP contribution in [0.1, 0.15) is 21.6 Å². The summed E-state index contributed by atoms with van der Waals surface area (Å²) in [6, 6.07) is 9.63. The Labute approximate surface area is 175 Å². The average Bonchev–Trinajstić information content (AvgIpc) is 3.45. The standard InChI is InChI=1S/C20H19NO4S3/c1-12-14(21-19(24-12)17-4-3-7-26-17)11-18(22)25-15-6-5-13(10-16(15)23-2)20-27-8-9-28-20/h3-7,10,20H,8-9,11H2,1-2H3. The van der Waals surface area contributed by atoms with E-state index in [4.69, 9.17) is 13.9 Å². The monoisotopic (exact) mass is 433 g/mol. The molecule has 0 radical (unpaired) electrons. The number of ether oxygens (including phenoxy) is 2. The minimum absolute atomic E-state index is 0.0416. The van der Waals surface area contributed by atoms with Crippen LogP contribution in [0, 0.1) is 6.92 Å². The highest BCUT2D eigenvalue weighted by Crippen LogP contribution is 2.47. The molecule has 3 aromatic rings. The van der Waals surface area contributed by atoms with Gasteiger partial charge in [0, 0.05) is 11.5 Å². The molecule has 1 fully saturated rings. The van der Waals surface area contributed by atoms with Crippen LogP contribution in [0.4, 0.5) is 0 Å². The molecule has 1 saturated heterocycles. The number of carbonyl (C=O) groups excluding carboxylic acids is 1. The van der Waals surface area contributed by atoms with Crippen LogP contribution in [0.5, 0.6) is 11.5 Å². The summed E-state index contributed by atoms with van der Waals surface area (Å²) in [4.78, 5) is 17.9. The average molecular weight is 434 g/mol. The molecule has 2 aromatic heterocycles. The number of methoxy groups -OCH3 is 1. The van der Waals surface area contributed by atoms with Crippen molar-refractivity contribution in [3.8, 4) is 22.3 Å². The van der Waals surface area contributed by atoms with Crippen molar-refractivity contribution in [1.29, 1.82) is 0 Å². The predicted octanol–water partition coefficient (Wildman–Crippen LogP) is 5.35. The van der Waals surface area contributed by atoms with Crippen molar-refractivity contribution in [3.05, 3.63) is 52.7 Å². The lowest BCUT2D eigenvalue weighted by Crippen LogP contribution is -2.13. The van der Waals surface area contributed by atoms with E-state index in [1.54, 1.807) is 31.4 Å². The van der Waals surface area contributed by atoms with Gasteiger partial charge in [0.15, 0.2) is 11.5 Å². The molecule has 4 rings (SSSR count). The summed E-state index contributed by atoms with van der Waals surface area (Å²) in [5, 5.41) is 1.96. The number of thiophene rings is 1. The van der Waals surface area contributed by atoms with Crippen molar-refractivity contribution in [3.63, 3.8) is 0 Å². The quantitative estimate of drug-likeness (QED) is 0.384. The first-order chi connectivity index (χ1) is 13.6. The molecule has 0 unspecified atom stereocenters. The van der Waals surface area contributed by atoms with Crippen LogP contribution in [-0.2, 0) is 11.2 Å². The van der Waals surface area contributed by atoms with E-state index in [-0.39, 0.29) is 6.42 Å². The second-order valence-electron chi connectivity index (χ2n) is 6.13. The third-order valence-corrected chi connectivity index (χ3v) is 8.20. The van der Waals surface area contributed by atoms with Crippen LogP contribution in [-0.4, -0.2) is 29.6 Å². The second kappa shape index (κ2) is 8.63. The third-order valence-electron chi connectivity index (χ3n) is 4.24. The van der Waals surface area contributed by atoms with Crippen molar-refractivity contribution >= 4 is 40.8 Å². The second-order valence-corrected chi connectivity index (χ2v) is 9.81. The number of hydrogen-bond donors (Lipinski definition) is 0. The highest BCUT2D eigenvalue weighted by molar-refractivity contribution is 8.19.